The van der Waals surface area contributed by atoms with Gasteiger partial charge in [0.2, 0.25) is 0 Å². The molecule has 0 atom stereocenters. The molecule has 0 fully saturated rings. The zero-order chi connectivity index (χ0) is 24.6. The first-order chi connectivity index (χ1) is 16.7. The van der Waals surface area contributed by atoms with Crippen LogP contribution in [0.5, 0.6) is 0 Å². The van der Waals surface area contributed by atoms with Crippen molar-refractivity contribution in [2.24, 2.45) is 0 Å². The van der Waals surface area contributed by atoms with Crippen LogP contribution in [0.25, 0.3) is 27.6 Å². The number of benzene rings is 3. The van der Waals surface area contributed by atoms with Gasteiger partial charge in [-0.05, 0) is 35.2 Å². The molecule has 2 aromatic heterocycles. The van der Waals surface area contributed by atoms with E-state index in [0.29, 0.717) is 21.9 Å². The van der Waals surface area contributed by atoms with E-state index in [1.807, 2.05) is 0 Å². The SMILES string of the molecule is O=S(=O)(Nc1ccncn1)c1cccc2c(-c3ccc(C(F)(F)F)cc3-n3ccnc3)cccc12. The van der Waals surface area contributed by atoms with Crippen LogP contribution >= 0.6 is 0 Å². The Balaban J connectivity index is 1.70. The molecule has 0 aliphatic heterocycles. The number of hydrogen-bond donors (Lipinski definition) is 1. The number of alkyl halides is 3. The maximum absolute atomic E-state index is 13.5. The Morgan fingerprint density at radius 3 is 2.37 bits per heavy atom. The molecule has 7 nitrogen and oxygen atoms in total. The number of rotatable bonds is 5. The second kappa shape index (κ2) is 8.51. The van der Waals surface area contributed by atoms with Crippen molar-refractivity contribution < 1.29 is 21.6 Å². The molecule has 0 spiro atoms. The van der Waals surface area contributed by atoms with Crippen molar-refractivity contribution in [2.75, 3.05) is 4.72 Å². The molecule has 0 aliphatic carbocycles. The normalized spacial score (nSPS) is 12.1. The van der Waals surface area contributed by atoms with E-state index < -0.39 is 21.8 Å². The fourth-order valence-electron chi connectivity index (χ4n) is 3.85. The summed E-state index contributed by atoms with van der Waals surface area (Å²) in [6.07, 6.45) is 2.53. The molecule has 35 heavy (non-hydrogen) atoms. The second-order valence-corrected chi connectivity index (χ2v) is 9.21. The van der Waals surface area contributed by atoms with Gasteiger partial charge in [0.1, 0.15) is 12.1 Å². The van der Waals surface area contributed by atoms with Gasteiger partial charge < -0.3 is 4.57 Å². The third-order valence-electron chi connectivity index (χ3n) is 5.39. The summed E-state index contributed by atoms with van der Waals surface area (Å²) in [6.45, 7) is 0. The first-order valence-electron chi connectivity index (χ1n) is 10.2. The molecule has 5 rings (SSSR count). The van der Waals surface area contributed by atoms with Crippen LogP contribution in [-0.4, -0.2) is 27.9 Å². The summed E-state index contributed by atoms with van der Waals surface area (Å²) in [5.41, 5.74) is 0.513. The van der Waals surface area contributed by atoms with Gasteiger partial charge in [-0.1, -0.05) is 36.4 Å². The smallest absolute Gasteiger partial charge is 0.306 e. The van der Waals surface area contributed by atoms with Gasteiger partial charge in [-0.2, -0.15) is 13.2 Å². The Kier molecular flexibility index (Phi) is 5.48. The summed E-state index contributed by atoms with van der Waals surface area (Å²) in [5, 5.41) is 0.960. The van der Waals surface area contributed by atoms with Gasteiger partial charge >= 0.3 is 6.18 Å². The number of aromatic nitrogens is 4. The summed E-state index contributed by atoms with van der Waals surface area (Å²) in [5.74, 6) is 0.110. The third kappa shape index (κ3) is 4.33. The van der Waals surface area contributed by atoms with Crippen molar-refractivity contribution in [3.05, 3.63) is 97.5 Å². The second-order valence-electron chi connectivity index (χ2n) is 7.56. The Hall–Kier alpha value is -4.25. The fraction of sp³-hybridized carbons (Fsp3) is 0.0417. The predicted molar refractivity (Wildman–Crippen MR) is 124 cm³/mol. The van der Waals surface area contributed by atoms with Crippen LogP contribution in [0.4, 0.5) is 19.0 Å². The predicted octanol–water partition coefficient (Wildman–Crippen LogP) is 5.30. The monoisotopic (exact) mass is 495 g/mol. The Labute approximate surface area is 198 Å². The minimum atomic E-state index is -4.53. The van der Waals surface area contributed by atoms with Gasteiger partial charge in [-0.3, -0.25) is 4.72 Å². The molecule has 0 bridgehead atoms. The van der Waals surface area contributed by atoms with Gasteiger partial charge in [-0.25, -0.2) is 23.4 Å². The molecule has 3 aromatic carbocycles. The maximum Gasteiger partial charge on any atom is 0.416 e. The van der Waals surface area contributed by atoms with Crippen LogP contribution in [0.15, 0.2) is 96.8 Å². The third-order valence-corrected chi connectivity index (χ3v) is 6.80. The molecule has 0 saturated carbocycles. The lowest BCUT2D eigenvalue weighted by Gasteiger charge is -2.17. The lowest BCUT2D eigenvalue weighted by Crippen LogP contribution is -2.14. The molecule has 1 N–H and O–H groups in total. The standard InChI is InChI=1S/C24H16F3N5O2S/c25-24(26,27)16-7-8-19(21(13-16)32-12-11-29-15-32)17-3-1-5-20-18(17)4-2-6-22(20)35(33,34)31-23-9-10-28-14-30-23/h1-15H,(H,28,30,31). The molecule has 176 valence electrons. The summed E-state index contributed by atoms with van der Waals surface area (Å²) in [7, 11) is -4.02. The highest BCUT2D eigenvalue weighted by Crippen LogP contribution is 2.38. The van der Waals surface area contributed by atoms with Crippen molar-refractivity contribution in [3.63, 3.8) is 0 Å². The quantitative estimate of drug-likeness (QED) is 0.357. The first-order valence-corrected chi connectivity index (χ1v) is 11.7. The minimum Gasteiger partial charge on any atom is -0.306 e. The zero-order valence-electron chi connectivity index (χ0n) is 17.8. The largest absolute Gasteiger partial charge is 0.416 e. The zero-order valence-corrected chi connectivity index (χ0v) is 18.6. The number of sulfonamides is 1. The van der Waals surface area contributed by atoms with E-state index >= 15 is 0 Å². The highest BCUT2D eigenvalue weighted by Gasteiger charge is 2.31. The average molecular weight is 495 g/mol. The van der Waals surface area contributed by atoms with Crippen molar-refractivity contribution in [1.82, 2.24) is 19.5 Å². The minimum absolute atomic E-state index is 0.00607. The number of hydrogen-bond acceptors (Lipinski definition) is 5. The molecule has 0 saturated heterocycles. The Bertz CT molecular complexity index is 1620. The number of halogens is 3. The van der Waals surface area contributed by atoms with Crippen LogP contribution < -0.4 is 4.72 Å². The first kappa shape index (κ1) is 22.5. The topological polar surface area (TPSA) is 89.8 Å². The van der Waals surface area contributed by atoms with Crippen molar-refractivity contribution in [2.45, 2.75) is 11.1 Å². The summed E-state index contributed by atoms with van der Waals surface area (Å²) >= 11 is 0. The highest BCUT2D eigenvalue weighted by molar-refractivity contribution is 7.93. The fourth-order valence-corrected chi connectivity index (χ4v) is 5.08. The van der Waals surface area contributed by atoms with E-state index in [1.165, 1.54) is 47.8 Å². The van der Waals surface area contributed by atoms with Gasteiger partial charge in [0.25, 0.3) is 10.0 Å². The van der Waals surface area contributed by atoms with Crippen LogP contribution in [0.2, 0.25) is 0 Å². The number of fused-ring (bicyclic) bond motifs is 1. The van der Waals surface area contributed by atoms with Crippen LogP contribution in [-0.2, 0) is 16.2 Å². The molecule has 2 heterocycles. The number of nitrogens with zero attached hydrogens (tertiary/aromatic N) is 4. The maximum atomic E-state index is 13.5. The van der Waals surface area contributed by atoms with Gasteiger partial charge in [-0.15, -0.1) is 0 Å². The van der Waals surface area contributed by atoms with Crippen molar-refractivity contribution >= 4 is 26.6 Å². The molecule has 11 heteroatoms. The van der Waals surface area contributed by atoms with Gasteiger partial charge in [0, 0.05) is 29.5 Å². The lowest BCUT2D eigenvalue weighted by atomic mass is 9.95. The number of nitrogens with one attached hydrogen (secondary N) is 1. The van der Waals surface area contributed by atoms with E-state index in [2.05, 4.69) is 19.7 Å². The van der Waals surface area contributed by atoms with E-state index in [0.717, 1.165) is 12.1 Å². The van der Waals surface area contributed by atoms with Gasteiger partial charge in [0.15, 0.2) is 0 Å². The van der Waals surface area contributed by atoms with Crippen LogP contribution in [0, 0.1) is 0 Å². The van der Waals surface area contributed by atoms with E-state index in [9.17, 15) is 21.6 Å². The molecular weight excluding hydrogens is 479 g/mol. The van der Waals surface area contributed by atoms with Crippen molar-refractivity contribution in [1.29, 1.82) is 0 Å². The van der Waals surface area contributed by atoms with E-state index in [-0.39, 0.29) is 16.4 Å². The van der Waals surface area contributed by atoms with Gasteiger partial charge in [0.05, 0.1) is 22.5 Å². The summed E-state index contributed by atoms with van der Waals surface area (Å²) in [6, 6.07) is 14.7. The Morgan fingerprint density at radius 1 is 0.857 bits per heavy atom. The molecular formula is C24H16F3N5O2S. The van der Waals surface area contributed by atoms with Crippen LogP contribution in [0.3, 0.4) is 0 Å². The molecule has 0 aliphatic rings. The molecule has 0 radical (unpaired) electrons. The summed E-state index contributed by atoms with van der Waals surface area (Å²) < 4.78 is 70.6. The molecule has 0 amide bonds. The van der Waals surface area contributed by atoms with E-state index in [4.69, 9.17) is 0 Å². The van der Waals surface area contributed by atoms with E-state index in [1.54, 1.807) is 36.5 Å². The van der Waals surface area contributed by atoms with Crippen LogP contribution in [0.1, 0.15) is 5.56 Å². The number of imidazole rings is 1. The summed E-state index contributed by atoms with van der Waals surface area (Å²) in [4.78, 5) is 11.6. The average Bonchev–Trinajstić information content (AvgIpc) is 3.38. The lowest BCUT2D eigenvalue weighted by molar-refractivity contribution is -0.137. The molecule has 5 aromatic rings. The highest BCUT2D eigenvalue weighted by atomic mass is 32.2. The Morgan fingerprint density at radius 2 is 1.66 bits per heavy atom. The van der Waals surface area contributed by atoms with Crippen molar-refractivity contribution in [3.8, 4) is 16.8 Å². The number of anilines is 1. The molecule has 0 unspecified atom stereocenters.